The van der Waals surface area contributed by atoms with E-state index in [1.807, 2.05) is 66.7 Å². The predicted octanol–water partition coefficient (Wildman–Crippen LogP) is 4.58. The molecule has 1 aromatic heterocycles. The van der Waals surface area contributed by atoms with Crippen LogP contribution in [0, 0.1) is 5.41 Å². The topological polar surface area (TPSA) is 63.0 Å². The molecule has 0 atom stereocenters. The molecule has 0 radical (unpaired) electrons. The average molecular weight is 286 g/mol. The summed E-state index contributed by atoms with van der Waals surface area (Å²) in [5.41, 5.74) is 8.55. The molecule has 22 heavy (non-hydrogen) atoms. The number of nitrogens with two attached hydrogens (primary N) is 1. The maximum Gasteiger partial charge on any atom is 0.176 e. The monoisotopic (exact) mass is 286 g/mol. The number of nitrogen functional groups attached to an aromatic ring is 1. The highest BCUT2D eigenvalue weighted by atomic mass is 16.3. The third-order valence-corrected chi connectivity index (χ3v) is 3.92. The van der Waals surface area contributed by atoms with Crippen molar-refractivity contribution in [2.45, 2.75) is 0 Å². The summed E-state index contributed by atoms with van der Waals surface area (Å²) >= 11 is 0. The molecule has 1 heterocycles. The van der Waals surface area contributed by atoms with Gasteiger partial charge in [-0.3, -0.25) is 5.41 Å². The first-order chi connectivity index (χ1) is 10.8. The Hall–Kier alpha value is -3.07. The molecule has 4 aromatic rings. The lowest BCUT2D eigenvalue weighted by Gasteiger charge is -2.07. The molecule has 0 spiro atoms. The molecule has 3 heteroatoms. The van der Waals surface area contributed by atoms with Gasteiger partial charge in [-0.2, -0.15) is 0 Å². The Morgan fingerprint density at radius 3 is 2.32 bits per heavy atom. The van der Waals surface area contributed by atoms with Crippen LogP contribution >= 0.6 is 0 Å². The van der Waals surface area contributed by atoms with E-state index in [0.29, 0.717) is 22.7 Å². The summed E-state index contributed by atoms with van der Waals surface area (Å²) in [6.07, 6.45) is 0. The molecule has 3 aromatic carbocycles. The zero-order valence-corrected chi connectivity index (χ0v) is 11.8. The van der Waals surface area contributed by atoms with E-state index in [2.05, 4.69) is 0 Å². The van der Waals surface area contributed by atoms with Gasteiger partial charge in [0.2, 0.25) is 0 Å². The van der Waals surface area contributed by atoms with E-state index >= 15 is 0 Å². The predicted molar refractivity (Wildman–Crippen MR) is 90.5 cm³/mol. The van der Waals surface area contributed by atoms with E-state index in [1.165, 1.54) is 0 Å². The molecule has 3 nitrogen and oxygen atoms in total. The van der Waals surface area contributed by atoms with Crippen LogP contribution in [0.25, 0.3) is 21.7 Å². The van der Waals surface area contributed by atoms with Crippen molar-refractivity contribution in [3.05, 3.63) is 78.1 Å². The number of hydrogen-bond donors (Lipinski definition) is 2. The van der Waals surface area contributed by atoms with Crippen LogP contribution in [0.2, 0.25) is 0 Å². The van der Waals surface area contributed by atoms with Crippen molar-refractivity contribution in [3.8, 4) is 0 Å². The largest absolute Gasteiger partial charge is 0.452 e. The Bertz CT molecular complexity index is 1010. The molecule has 4 rings (SSSR count). The Balaban J connectivity index is 1.94. The number of hydrogen-bond acceptors (Lipinski definition) is 3. The fraction of sp³-hybridized carbons (Fsp3) is 0. The molecule has 0 amide bonds. The normalized spacial score (nSPS) is 11.1. The second-order valence-corrected chi connectivity index (χ2v) is 5.24. The summed E-state index contributed by atoms with van der Waals surface area (Å²) in [4.78, 5) is 0. The second-order valence-electron chi connectivity index (χ2n) is 5.24. The number of fused-ring (bicyclic) bond motifs is 2. The molecule has 0 saturated heterocycles. The van der Waals surface area contributed by atoms with Gasteiger partial charge in [-0.15, -0.1) is 0 Å². The van der Waals surface area contributed by atoms with Crippen molar-refractivity contribution >= 4 is 33.1 Å². The van der Waals surface area contributed by atoms with E-state index in [0.717, 1.165) is 21.7 Å². The van der Waals surface area contributed by atoms with Gasteiger partial charge in [0.25, 0.3) is 0 Å². The van der Waals surface area contributed by atoms with Gasteiger partial charge in [0, 0.05) is 10.9 Å². The van der Waals surface area contributed by atoms with Crippen LogP contribution in [0.4, 0.5) is 5.69 Å². The number of furan rings is 1. The highest BCUT2D eigenvalue weighted by Crippen LogP contribution is 2.31. The maximum absolute atomic E-state index is 8.55. The minimum absolute atomic E-state index is 0.311. The Morgan fingerprint density at radius 2 is 1.50 bits per heavy atom. The smallest absolute Gasteiger partial charge is 0.176 e. The van der Waals surface area contributed by atoms with Crippen LogP contribution in [-0.2, 0) is 0 Å². The first kappa shape index (κ1) is 12.7. The number of nitrogens with one attached hydrogen (secondary N) is 1. The van der Waals surface area contributed by atoms with Gasteiger partial charge in [-0.05, 0) is 22.9 Å². The highest BCUT2D eigenvalue weighted by molar-refractivity contribution is 6.20. The quantitative estimate of drug-likeness (QED) is 0.529. The van der Waals surface area contributed by atoms with Gasteiger partial charge in [0.05, 0.1) is 5.69 Å². The number of para-hydroxylation sites is 1. The van der Waals surface area contributed by atoms with Crippen LogP contribution < -0.4 is 5.73 Å². The van der Waals surface area contributed by atoms with Crippen LogP contribution in [0.3, 0.4) is 0 Å². The average Bonchev–Trinajstić information content (AvgIpc) is 2.91. The first-order valence-electron chi connectivity index (χ1n) is 7.10. The minimum Gasteiger partial charge on any atom is -0.452 e. The molecule has 106 valence electrons. The Kier molecular flexibility index (Phi) is 2.73. The van der Waals surface area contributed by atoms with Crippen molar-refractivity contribution < 1.29 is 4.42 Å². The van der Waals surface area contributed by atoms with Gasteiger partial charge in [-0.1, -0.05) is 54.6 Å². The van der Waals surface area contributed by atoms with Crippen molar-refractivity contribution in [1.82, 2.24) is 0 Å². The summed E-state index contributed by atoms with van der Waals surface area (Å²) < 4.78 is 5.81. The van der Waals surface area contributed by atoms with Crippen molar-refractivity contribution in [3.63, 3.8) is 0 Å². The van der Waals surface area contributed by atoms with E-state index in [-0.39, 0.29) is 0 Å². The van der Waals surface area contributed by atoms with Gasteiger partial charge in [0.1, 0.15) is 11.3 Å². The van der Waals surface area contributed by atoms with Crippen molar-refractivity contribution in [2.75, 3.05) is 5.73 Å². The number of anilines is 1. The SMILES string of the molecule is N=C(c1oc2ccccc2c1N)c1cccc2ccccc12. The Labute approximate surface area is 127 Å². The molecular weight excluding hydrogens is 272 g/mol. The lowest BCUT2D eigenvalue weighted by Crippen LogP contribution is -2.03. The zero-order chi connectivity index (χ0) is 15.1. The van der Waals surface area contributed by atoms with Crippen LogP contribution in [0.5, 0.6) is 0 Å². The molecular formula is C19H14N2O. The second kappa shape index (κ2) is 4.74. The summed E-state index contributed by atoms with van der Waals surface area (Å²) in [5.74, 6) is 0.428. The molecule has 0 aliphatic heterocycles. The van der Waals surface area contributed by atoms with Crippen molar-refractivity contribution in [2.24, 2.45) is 0 Å². The third kappa shape index (κ3) is 1.79. The summed E-state index contributed by atoms with van der Waals surface area (Å²) in [6.45, 7) is 0. The van der Waals surface area contributed by atoms with Gasteiger partial charge < -0.3 is 10.2 Å². The molecule has 3 N–H and O–H groups in total. The number of rotatable bonds is 2. The molecule has 0 aliphatic carbocycles. The summed E-state index contributed by atoms with van der Waals surface area (Å²) in [7, 11) is 0. The fourth-order valence-electron chi connectivity index (χ4n) is 2.82. The van der Waals surface area contributed by atoms with E-state index < -0.39 is 0 Å². The van der Waals surface area contributed by atoms with Crippen LogP contribution in [0.15, 0.2) is 71.1 Å². The minimum atomic E-state index is 0.311. The van der Waals surface area contributed by atoms with E-state index in [4.69, 9.17) is 15.6 Å². The van der Waals surface area contributed by atoms with E-state index in [1.54, 1.807) is 0 Å². The van der Waals surface area contributed by atoms with E-state index in [9.17, 15) is 0 Å². The molecule has 0 fully saturated rings. The third-order valence-electron chi connectivity index (χ3n) is 3.92. The Morgan fingerprint density at radius 1 is 0.818 bits per heavy atom. The van der Waals surface area contributed by atoms with Gasteiger partial charge in [0.15, 0.2) is 5.76 Å². The zero-order valence-electron chi connectivity index (χ0n) is 11.8. The molecule has 0 aliphatic rings. The van der Waals surface area contributed by atoms with Gasteiger partial charge >= 0.3 is 0 Å². The summed E-state index contributed by atoms with van der Waals surface area (Å²) in [5, 5.41) is 11.5. The standard InChI is InChI=1S/C19H14N2O/c20-17(14-10-5-7-12-6-1-2-8-13(12)14)19-18(21)15-9-3-4-11-16(15)22-19/h1-11,20H,21H2. The van der Waals surface area contributed by atoms with Crippen LogP contribution in [-0.4, -0.2) is 5.71 Å². The lowest BCUT2D eigenvalue weighted by molar-refractivity contribution is 0.606. The van der Waals surface area contributed by atoms with Crippen LogP contribution in [0.1, 0.15) is 11.3 Å². The fourth-order valence-corrected chi connectivity index (χ4v) is 2.82. The maximum atomic E-state index is 8.55. The number of benzene rings is 3. The molecule has 0 unspecified atom stereocenters. The lowest BCUT2D eigenvalue weighted by atomic mass is 9.99. The molecule has 0 saturated carbocycles. The molecule has 0 bridgehead atoms. The first-order valence-corrected chi connectivity index (χ1v) is 7.10. The van der Waals surface area contributed by atoms with Gasteiger partial charge in [-0.25, -0.2) is 0 Å². The summed E-state index contributed by atoms with van der Waals surface area (Å²) in [6, 6.07) is 21.5. The van der Waals surface area contributed by atoms with Crippen molar-refractivity contribution in [1.29, 1.82) is 5.41 Å². The highest BCUT2D eigenvalue weighted by Gasteiger charge is 2.18.